The van der Waals surface area contributed by atoms with Crippen molar-refractivity contribution >= 4 is 40.8 Å². The van der Waals surface area contributed by atoms with Gasteiger partial charge in [0.15, 0.2) is 0 Å². The van der Waals surface area contributed by atoms with Crippen LogP contribution in [0.15, 0.2) is 42.5 Å². The number of anilines is 2. The number of urea groups is 1. The number of nitrogens with zero attached hydrogens (tertiary/aromatic N) is 3. The number of hydrogen-bond acceptors (Lipinski definition) is 4. The van der Waals surface area contributed by atoms with E-state index in [1.54, 1.807) is 43.0 Å². The number of hydrogen-bond donors (Lipinski definition) is 2. The lowest BCUT2D eigenvalue weighted by molar-refractivity contribution is -0.138. The maximum absolute atomic E-state index is 13.3. The average molecular weight is 532 g/mol. The summed E-state index contributed by atoms with van der Waals surface area (Å²) in [7, 11) is 0. The van der Waals surface area contributed by atoms with Crippen LogP contribution in [0.3, 0.4) is 0 Å². The molecule has 0 unspecified atom stereocenters. The average Bonchev–Trinajstić information content (AvgIpc) is 2.85. The van der Waals surface area contributed by atoms with Gasteiger partial charge in [-0.15, -0.1) is 0 Å². The Morgan fingerprint density at radius 1 is 1.00 bits per heavy atom. The number of rotatable bonds is 8. The van der Waals surface area contributed by atoms with Crippen LogP contribution in [0.25, 0.3) is 0 Å². The Bertz CT molecular complexity index is 1100. The molecule has 0 atom stereocenters. The van der Waals surface area contributed by atoms with Crippen molar-refractivity contribution < 1.29 is 18.8 Å². The van der Waals surface area contributed by atoms with Gasteiger partial charge in [0.1, 0.15) is 12.4 Å². The molecule has 2 aromatic carbocycles. The Labute approximate surface area is 222 Å². The molecule has 1 aliphatic rings. The molecule has 10 heteroatoms. The van der Waals surface area contributed by atoms with Gasteiger partial charge in [-0.1, -0.05) is 37.6 Å². The van der Waals surface area contributed by atoms with Crippen molar-refractivity contribution in [3.05, 3.63) is 58.9 Å². The Morgan fingerprint density at radius 2 is 1.65 bits per heavy atom. The van der Waals surface area contributed by atoms with Crippen LogP contribution in [0.5, 0.6) is 0 Å². The molecular weight excluding hydrogens is 497 g/mol. The number of carbonyl (C=O) groups is 3. The van der Waals surface area contributed by atoms with Crippen LogP contribution in [-0.4, -0.2) is 66.4 Å². The molecule has 2 aromatic rings. The zero-order chi connectivity index (χ0) is 27.1. The van der Waals surface area contributed by atoms with Crippen LogP contribution in [0, 0.1) is 11.7 Å². The summed E-state index contributed by atoms with van der Waals surface area (Å²) in [5.74, 6) is -1.23. The SMILES string of the molecule is CC(C)NC(=O)N1CCN(c2ccc(Cl)c(NC(=O)CN(Cc3ccc(F)cc3)C(=O)C(C)C)c2)CC1. The van der Waals surface area contributed by atoms with Crippen molar-refractivity contribution in [1.29, 1.82) is 0 Å². The molecule has 0 radical (unpaired) electrons. The minimum atomic E-state index is -0.384. The Kier molecular flexibility index (Phi) is 9.74. The fourth-order valence-corrected chi connectivity index (χ4v) is 4.23. The molecule has 200 valence electrons. The first kappa shape index (κ1) is 28.2. The van der Waals surface area contributed by atoms with E-state index in [0.717, 1.165) is 11.3 Å². The van der Waals surface area contributed by atoms with Gasteiger partial charge in [0, 0.05) is 50.4 Å². The van der Waals surface area contributed by atoms with Crippen molar-refractivity contribution in [3.63, 3.8) is 0 Å². The first-order valence-electron chi connectivity index (χ1n) is 12.5. The molecule has 1 aliphatic heterocycles. The van der Waals surface area contributed by atoms with Crippen LogP contribution >= 0.6 is 11.6 Å². The Balaban J connectivity index is 1.65. The highest BCUT2D eigenvalue weighted by atomic mass is 35.5. The summed E-state index contributed by atoms with van der Waals surface area (Å²) in [4.78, 5) is 43.4. The zero-order valence-corrected chi connectivity index (χ0v) is 22.5. The molecule has 0 aliphatic carbocycles. The topological polar surface area (TPSA) is 85.0 Å². The van der Waals surface area contributed by atoms with Gasteiger partial charge in [0.05, 0.1) is 10.7 Å². The van der Waals surface area contributed by atoms with Gasteiger partial charge < -0.3 is 25.3 Å². The zero-order valence-electron chi connectivity index (χ0n) is 21.8. The van der Waals surface area contributed by atoms with Crippen molar-refractivity contribution in [2.24, 2.45) is 5.92 Å². The third-order valence-corrected chi connectivity index (χ3v) is 6.32. The summed E-state index contributed by atoms with van der Waals surface area (Å²) in [6.45, 7) is 9.87. The maximum Gasteiger partial charge on any atom is 0.317 e. The number of piperazine rings is 1. The van der Waals surface area contributed by atoms with E-state index in [4.69, 9.17) is 11.6 Å². The second-order valence-corrected chi connectivity index (χ2v) is 10.2. The second-order valence-electron chi connectivity index (χ2n) is 9.77. The maximum atomic E-state index is 13.3. The molecule has 0 spiro atoms. The van der Waals surface area contributed by atoms with Gasteiger partial charge >= 0.3 is 6.03 Å². The minimum Gasteiger partial charge on any atom is -0.368 e. The van der Waals surface area contributed by atoms with Crippen molar-refractivity contribution in [3.8, 4) is 0 Å². The largest absolute Gasteiger partial charge is 0.368 e. The van der Waals surface area contributed by atoms with Crippen molar-refractivity contribution in [1.82, 2.24) is 15.1 Å². The number of carbonyl (C=O) groups excluding carboxylic acids is 3. The van der Waals surface area contributed by atoms with Crippen molar-refractivity contribution in [2.45, 2.75) is 40.3 Å². The monoisotopic (exact) mass is 531 g/mol. The molecule has 1 fully saturated rings. The summed E-state index contributed by atoms with van der Waals surface area (Å²) in [5, 5.41) is 6.13. The van der Waals surface area contributed by atoms with E-state index in [-0.39, 0.29) is 48.7 Å². The van der Waals surface area contributed by atoms with Gasteiger partial charge in [-0.3, -0.25) is 9.59 Å². The Morgan fingerprint density at radius 3 is 2.24 bits per heavy atom. The van der Waals surface area contributed by atoms with E-state index in [9.17, 15) is 18.8 Å². The standard InChI is InChI=1S/C27H35ClFN5O3/c1-18(2)26(36)34(16-20-5-7-21(29)8-6-20)17-25(35)31-24-15-22(9-10-23(24)28)32-11-13-33(14-12-32)27(37)30-19(3)4/h5-10,15,18-19H,11-14,16-17H2,1-4H3,(H,30,37)(H,31,35). The van der Waals surface area contributed by atoms with Gasteiger partial charge in [-0.25, -0.2) is 9.18 Å². The van der Waals surface area contributed by atoms with E-state index >= 15 is 0 Å². The lowest BCUT2D eigenvalue weighted by Crippen LogP contribution is -2.52. The number of benzene rings is 2. The molecule has 1 saturated heterocycles. The first-order valence-corrected chi connectivity index (χ1v) is 12.8. The van der Waals surface area contributed by atoms with Crippen LogP contribution in [0.4, 0.5) is 20.6 Å². The highest BCUT2D eigenvalue weighted by Gasteiger charge is 2.23. The van der Waals surface area contributed by atoms with E-state index in [1.807, 2.05) is 19.9 Å². The van der Waals surface area contributed by atoms with E-state index in [1.165, 1.54) is 17.0 Å². The summed E-state index contributed by atoms with van der Waals surface area (Å²) < 4.78 is 13.3. The number of amides is 4. The number of nitrogens with one attached hydrogen (secondary N) is 2. The van der Waals surface area contributed by atoms with Crippen molar-refractivity contribution in [2.75, 3.05) is 42.9 Å². The highest BCUT2D eigenvalue weighted by molar-refractivity contribution is 6.33. The third kappa shape index (κ3) is 8.08. The summed E-state index contributed by atoms with van der Waals surface area (Å²) in [6.07, 6.45) is 0. The molecule has 3 rings (SSSR count). The molecule has 0 saturated carbocycles. The molecular formula is C27H35ClFN5O3. The first-order chi connectivity index (χ1) is 17.5. The molecule has 1 heterocycles. The fraction of sp³-hybridized carbons (Fsp3) is 0.444. The van der Waals surface area contributed by atoms with Gasteiger partial charge in [0.25, 0.3) is 0 Å². The predicted octanol–water partition coefficient (Wildman–Crippen LogP) is 4.34. The van der Waals surface area contributed by atoms with Gasteiger partial charge in [-0.05, 0) is 49.7 Å². The second kappa shape index (κ2) is 12.8. The molecule has 0 aromatic heterocycles. The predicted molar refractivity (Wildman–Crippen MR) is 144 cm³/mol. The summed E-state index contributed by atoms with van der Waals surface area (Å²) in [6, 6.07) is 11.3. The molecule has 4 amide bonds. The quantitative estimate of drug-likeness (QED) is 0.530. The van der Waals surface area contributed by atoms with Gasteiger partial charge in [0.2, 0.25) is 11.8 Å². The molecule has 0 bridgehead atoms. The van der Waals surface area contributed by atoms with Crippen LogP contribution < -0.4 is 15.5 Å². The summed E-state index contributed by atoms with van der Waals surface area (Å²) in [5.41, 5.74) is 2.05. The lowest BCUT2D eigenvalue weighted by Gasteiger charge is -2.36. The normalized spacial score (nSPS) is 13.6. The van der Waals surface area contributed by atoms with E-state index in [2.05, 4.69) is 15.5 Å². The molecule has 2 N–H and O–H groups in total. The molecule has 37 heavy (non-hydrogen) atoms. The van der Waals surface area contributed by atoms with E-state index < -0.39 is 0 Å². The smallest absolute Gasteiger partial charge is 0.317 e. The third-order valence-electron chi connectivity index (χ3n) is 5.99. The minimum absolute atomic E-state index is 0.0696. The number of halogens is 2. The summed E-state index contributed by atoms with van der Waals surface area (Å²) >= 11 is 6.38. The highest BCUT2D eigenvalue weighted by Crippen LogP contribution is 2.28. The molecule has 8 nitrogen and oxygen atoms in total. The van der Waals surface area contributed by atoms with Crippen LogP contribution in [-0.2, 0) is 16.1 Å². The van der Waals surface area contributed by atoms with E-state index in [0.29, 0.717) is 36.9 Å². The van der Waals surface area contributed by atoms with Gasteiger partial charge in [-0.2, -0.15) is 0 Å². The Hall–Kier alpha value is -3.33. The van der Waals surface area contributed by atoms with Crippen LogP contribution in [0.2, 0.25) is 5.02 Å². The van der Waals surface area contributed by atoms with Crippen LogP contribution in [0.1, 0.15) is 33.3 Å². The lowest BCUT2D eigenvalue weighted by atomic mass is 10.1. The fourth-order valence-electron chi connectivity index (χ4n) is 4.06.